The van der Waals surface area contributed by atoms with Crippen LogP contribution in [0.1, 0.15) is 33.6 Å². The molecule has 6 heteroatoms. The highest BCUT2D eigenvalue weighted by atomic mass is 35.5. The number of carbonyl (C=O) groups is 1. The van der Waals surface area contributed by atoms with Gasteiger partial charge in [-0.25, -0.2) is 9.97 Å². The summed E-state index contributed by atoms with van der Waals surface area (Å²) in [5, 5.41) is 4.55. The molecule has 23 heavy (non-hydrogen) atoms. The number of aromatic nitrogens is 2. The fourth-order valence-electron chi connectivity index (χ4n) is 2.97. The molecule has 2 heterocycles. The third-order valence-corrected chi connectivity index (χ3v) is 5.54. The Kier molecular flexibility index (Phi) is 3.75. The standard InChI is InChI=1S/C17H14ClN3OS/c18-11-7-5-10(6-8-11)16(22)21-15-14-12-3-1-2-4-13(12)23-17(14)20-9-19-15/h5-9H,1-4H2,(H,19,20,21,22). The van der Waals surface area contributed by atoms with Crippen molar-refractivity contribution in [1.29, 1.82) is 0 Å². The molecule has 116 valence electrons. The molecular weight excluding hydrogens is 330 g/mol. The lowest BCUT2D eigenvalue weighted by atomic mass is 9.97. The Bertz CT molecular complexity index is 889. The molecule has 3 aromatic rings. The van der Waals surface area contributed by atoms with Crippen LogP contribution in [-0.4, -0.2) is 15.9 Å². The summed E-state index contributed by atoms with van der Waals surface area (Å²) in [4.78, 5) is 23.5. The van der Waals surface area contributed by atoms with E-state index in [9.17, 15) is 4.79 Å². The lowest BCUT2D eigenvalue weighted by Gasteiger charge is -2.12. The first kappa shape index (κ1) is 14.6. The Hall–Kier alpha value is -1.98. The van der Waals surface area contributed by atoms with Crippen LogP contribution in [0.3, 0.4) is 0 Å². The largest absolute Gasteiger partial charge is 0.306 e. The zero-order chi connectivity index (χ0) is 15.8. The SMILES string of the molecule is O=C(Nc1ncnc2sc3c(c12)CCCC3)c1ccc(Cl)cc1. The summed E-state index contributed by atoms with van der Waals surface area (Å²) in [5.41, 5.74) is 1.87. The van der Waals surface area contributed by atoms with Crippen molar-refractivity contribution in [1.82, 2.24) is 9.97 Å². The second-order valence-corrected chi connectivity index (χ2v) is 7.09. The molecule has 2 aromatic heterocycles. The van der Waals surface area contributed by atoms with Gasteiger partial charge in [0.2, 0.25) is 0 Å². The average molecular weight is 344 g/mol. The van der Waals surface area contributed by atoms with E-state index in [2.05, 4.69) is 15.3 Å². The van der Waals surface area contributed by atoms with Crippen LogP contribution in [0.5, 0.6) is 0 Å². The molecule has 1 aromatic carbocycles. The van der Waals surface area contributed by atoms with Gasteiger partial charge in [-0.1, -0.05) is 11.6 Å². The van der Waals surface area contributed by atoms with Crippen LogP contribution >= 0.6 is 22.9 Å². The van der Waals surface area contributed by atoms with Crippen molar-refractivity contribution in [3.8, 4) is 0 Å². The number of aryl methyl sites for hydroxylation is 2. The number of amides is 1. The summed E-state index contributed by atoms with van der Waals surface area (Å²) >= 11 is 7.59. The minimum Gasteiger partial charge on any atom is -0.306 e. The van der Waals surface area contributed by atoms with Crippen molar-refractivity contribution in [2.24, 2.45) is 0 Å². The third kappa shape index (κ3) is 2.71. The Morgan fingerprint density at radius 1 is 1.13 bits per heavy atom. The van der Waals surface area contributed by atoms with Crippen molar-refractivity contribution in [2.45, 2.75) is 25.7 Å². The maximum atomic E-state index is 12.4. The van der Waals surface area contributed by atoms with E-state index in [-0.39, 0.29) is 5.91 Å². The molecule has 0 unspecified atom stereocenters. The number of hydrogen-bond donors (Lipinski definition) is 1. The van der Waals surface area contributed by atoms with Crippen molar-refractivity contribution in [3.05, 3.63) is 51.6 Å². The molecule has 1 aliphatic carbocycles. The van der Waals surface area contributed by atoms with Gasteiger partial charge >= 0.3 is 0 Å². The van der Waals surface area contributed by atoms with E-state index < -0.39 is 0 Å². The second kappa shape index (κ2) is 5.91. The maximum Gasteiger partial charge on any atom is 0.256 e. The minimum atomic E-state index is -0.183. The number of thiophene rings is 1. The van der Waals surface area contributed by atoms with E-state index in [1.165, 1.54) is 29.6 Å². The van der Waals surface area contributed by atoms with Gasteiger partial charge in [0.15, 0.2) is 0 Å². The smallest absolute Gasteiger partial charge is 0.256 e. The van der Waals surface area contributed by atoms with Crippen LogP contribution in [0.2, 0.25) is 5.02 Å². The molecule has 0 aliphatic heterocycles. The van der Waals surface area contributed by atoms with Gasteiger partial charge in [0.1, 0.15) is 17.0 Å². The number of nitrogens with one attached hydrogen (secondary N) is 1. The maximum absolute atomic E-state index is 12.4. The Morgan fingerprint density at radius 3 is 2.74 bits per heavy atom. The van der Waals surface area contributed by atoms with Crippen LogP contribution in [0.15, 0.2) is 30.6 Å². The number of nitrogens with zero attached hydrogens (tertiary/aromatic N) is 2. The van der Waals surface area contributed by atoms with Crippen LogP contribution < -0.4 is 5.32 Å². The second-order valence-electron chi connectivity index (χ2n) is 5.57. The van der Waals surface area contributed by atoms with Crippen molar-refractivity contribution < 1.29 is 4.79 Å². The quantitative estimate of drug-likeness (QED) is 0.746. The van der Waals surface area contributed by atoms with Gasteiger partial charge in [0, 0.05) is 15.5 Å². The fourth-order valence-corrected chi connectivity index (χ4v) is 4.32. The molecule has 1 aliphatic rings. The van der Waals surface area contributed by atoms with Crippen LogP contribution in [-0.2, 0) is 12.8 Å². The summed E-state index contributed by atoms with van der Waals surface area (Å²) in [7, 11) is 0. The van der Waals surface area contributed by atoms with E-state index in [4.69, 9.17) is 11.6 Å². The minimum absolute atomic E-state index is 0.183. The summed E-state index contributed by atoms with van der Waals surface area (Å²) in [6, 6.07) is 6.83. The monoisotopic (exact) mass is 343 g/mol. The lowest BCUT2D eigenvalue weighted by Crippen LogP contribution is -2.13. The van der Waals surface area contributed by atoms with Gasteiger partial charge in [0.05, 0.1) is 5.39 Å². The molecule has 0 spiro atoms. The zero-order valence-corrected chi connectivity index (χ0v) is 13.9. The first-order valence-corrected chi connectivity index (χ1v) is 8.74. The number of fused-ring (bicyclic) bond motifs is 3. The summed E-state index contributed by atoms with van der Waals surface area (Å²) in [5.74, 6) is 0.423. The molecule has 0 bridgehead atoms. The number of benzene rings is 1. The van der Waals surface area contributed by atoms with E-state index in [0.29, 0.717) is 16.4 Å². The predicted molar refractivity (Wildman–Crippen MR) is 93.5 cm³/mol. The number of rotatable bonds is 2. The summed E-state index contributed by atoms with van der Waals surface area (Å²) in [6.45, 7) is 0. The van der Waals surface area contributed by atoms with Crippen molar-refractivity contribution in [3.63, 3.8) is 0 Å². The average Bonchev–Trinajstić information content (AvgIpc) is 2.95. The van der Waals surface area contributed by atoms with Gasteiger partial charge in [-0.2, -0.15) is 0 Å². The molecule has 0 radical (unpaired) electrons. The molecule has 1 N–H and O–H groups in total. The molecule has 0 saturated carbocycles. The summed E-state index contributed by atoms with van der Waals surface area (Å²) in [6.07, 6.45) is 6.05. The molecule has 4 rings (SSSR count). The number of carbonyl (C=O) groups excluding carboxylic acids is 1. The van der Waals surface area contributed by atoms with Gasteiger partial charge < -0.3 is 5.32 Å². The van der Waals surface area contributed by atoms with Crippen LogP contribution in [0.25, 0.3) is 10.2 Å². The van der Waals surface area contributed by atoms with Gasteiger partial charge in [0.25, 0.3) is 5.91 Å². The highest BCUT2D eigenvalue weighted by molar-refractivity contribution is 7.19. The zero-order valence-electron chi connectivity index (χ0n) is 12.3. The van der Waals surface area contributed by atoms with E-state index in [0.717, 1.165) is 23.1 Å². The van der Waals surface area contributed by atoms with Gasteiger partial charge in [-0.3, -0.25) is 4.79 Å². The third-order valence-electron chi connectivity index (χ3n) is 4.09. The van der Waals surface area contributed by atoms with Gasteiger partial charge in [-0.05, 0) is 55.5 Å². The summed E-state index contributed by atoms with van der Waals surface area (Å²) < 4.78 is 0. The van der Waals surface area contributed by atoms with E-state index in [1.807, 2.05) is 0 Å². The van der Waals surface area contributed by atoms with Crippen molar-refractivity contribution in [2.75, 3.05) is 5.32 Å². The Morgan fingerprint density at radius 2 is 1.91 bits per heavy atom. The van der Waals surface area contributed by atoms with Crippen LogP contribution in [0, 0.1) is 0 Å². The lowest BCUT2D eigenvalue weighted by molar-refractivity contribution is 0.102. The normalized spacial score (nSPS) is 13.8. The first-order chi connectivity index (χ1) is 11.2. The number of anilines is 1. The first-order valence-electron chi connectivity index (χ1n) is 7.54. The highest BCUT2D eigenvalue weighted by Gasteiger charge is 2.20. The topological polar surface area (TPSA) is 54.9 Å². The molecule has 0 saturated heterocycles. The van der Waals surface area contributed by atoms with Gasteiger partial charge in [-0.15, -0.1) is 11.3 Å². The Balaban J connectivity index is 1.72. The Labute approximate surface area is 142 Å². The number of halogens is 1. The van der Waals surface area contributed by atoms with E-state index in [1.54, 1.807) is 35.6 Å². The molecule has 0 fully saturated rings. The number of hydrogen-bond acceptors (Lipinski definition) is 4. The molecule has 0 atom stereocenters. The highest BCUT2D eigenvalue weighted by Crippen LogP contribution is 2.38. The van der Waals surface area contributed by atoms with E-state index >= 15 is 0 Å². The molecule has 1 amide bonds. The molecular formula is C17H14ClN3OS. The van der Waals surface area contributed by atoms with Crippen molar-refractivity contribution >= 4 is 44.9 Å². The predicted octanol–water partition coefficient (Wildman–Crippen LogP) is 4.48. The fraction of sp³-hybridized carbons (Fsp3) is 0.235. The van der Waals surface area contributed by atoms with Crippen LogP contribution in [0.4, 0.5) is 5.82 Å². The molecule has 4 nitrogen and oxygen atoms in total.